The first-order valence-corrected chi connectivity index (χ1v) is 6.23. The van der Waals surface area contributed by atoms with Crippen LogP contribution in [0.25, 0.3) is 0 Å². The van der Waals surface area contributed by atoms with E-state index in [1.807, 2.05) is 0 Å². The predicted octanol–water partition coefficient (Wildman–Crippen LogP) is 3.53. The third-order valence-electron chi connectivity index (χ3n) is 2.20. The van der Waals surface area contributed by atoms with E-state index in [4.69, 9.17) is 22.1 Å². The van der Waals surface area contributed by atoms with Crippen LogP contribution >= 0.6 is 27.5 Å². The first-order valence-electron chi connectivity index (χ1n) is 5.06. The number of amides is 1. The Kier molecular flexibility index (Phi) is 4.01. The first-order chi connectivity index (χ1) is 8.99. The zero-order valence-corrected chi connectivity index (χ0v) is 11.7. The number of nitrogens with two attached hydrogens (primary N) is 1. The Morgan fingerprint density at radius 2 is 2.21 bits per heavy atom. The number of pyridine rings is 1. The minimum Gasteiger partial charge on any atom is -0.437 e. The van der Waals surface area contributed by atoms with E-state index >= 15 is 0 Å². The molecular formula is C12H7BrClFN2O2. The lowest BCUT2D eigenvalue weighted by Crippen LogP contribution is -2.14. The maximum Gasteiger partial charge on any atom is 0.255 e. The highest BCUT2D eigenvalue weighted by molar-refractivity contribution is 9.10. The number of ether oxygens (including phenoxy) is 1. The molecule has 1 aromatic heterocycles. The van der Waals surface area contributed by atoms with Crippen LogP contribution in [0.4, 0.5) is 4.39 Å². The molecule has 2 aromatic rings. The summed E-state index contributed by atoms with van der Waals surface area (Å²) in [5.74, 6) is -1.53. The summed E-state index contributed by atoms with van der Waals surface area (Å²) < 4.78 is 19.4. The topological polar surface area (TPSA) is 65.2 Å². The van der Waals surface area contributed by atoms with Gasteiger partial charge in [0.2, 0.25) is 5.88 Å². The van der Waals surface area contributed by atoms with Crippen molar-refractivity contribution in [3.8, 4) is 11.6 Å². The summed E-state index contributed by atoms with van der Waals surface area (Å²) in [4.78, 5) is 15.1. The van der Waals surface area contributed by atoms with Crippen LogP contribution in [0, 0.1) is 5.82 Å². The Bertz CT molecular complexity index is 652. The van der Waals surface area contributed by atoms with Gasteiger partial charge in [-0.2, -0.15) is 0 Å². The van der Waals surface area contributed by atoms with Crippen LogP contribution in [0.5, 0.6) is 11.6 Å². The Morgan fingerprint density at radius 3 is 2.84 bits per heavy atom. The molecule has 0 radical (unpaired) electrons. The van der Waals surface area contributed by atoms with Gasteiger partial charge in [0.25, 0.3) is 5.91 Å². The summed E-state index contributed by atoms with van der Waals surface area (Å²) in [5, 5.41) is 0.411. The van der Waals surface area contributed by atoms with Crippen molar-refractivity contribution >= 4 is 33.4 Å². The lowest BCUT2D eigenvalue weighted by Gasteiger charge is -2.10. The summed E-state index contributed by atoms with van der Waals surface area (Å²) in [6.45, 7) is 0. The summed E-state index contributed by atoms with van der Waals surface area (Å²) in [6, 6.07) is 5.51. The third-order valence-corrected chi connectivity index (χ3v) is 2.98. The number of hydrogen-bond acceptors (Lipinski definition) is 3. The Morgan fingerprint density at radius 1 is 1.47 bits per heavy atom. The number of nitrogens with zero attached hydrogens (tertiary/aromatic N) is 1. The number of benzene rings is 1. The number of halogens is 3. The quantitative estimate of drug-likeness (QED) is 0.925. The van der Waals surface area contributed by atoms with E-state index in [0.717, 1.165) is 6.07 Å². The molecule has 1 heterocycles. The zero-order chi connectivity index (χ0) is 14.0. The predicted molar refractivity (Wildman–Crippen MR) is 71.9 cm³/mol. The van der Waals surface area contributed by atoms with Crippen LogP contribution in [0.3, 0.4) is 0 Å². The standard InChI is InChI=1S/C12H7BrClFN2O2/c13-7-4-6(14)5-17-12(7)19-9-3-1-2-8(15)10(9)11(16)18/h1-5H,(H2,16,18). The maximum atomic E-state index is 13.5. The van der Waals surface area contributed by atoms with Gasteiger partial charge in [-0.15, -0.1) is 0 Å². The van der Waals surface area contributed by atoms with Crippen molar-refractivity contribution in [2.24, 2.45) is 5.73 Å². The summed E-state index contributed by atoms with van der Waals surface area (Å²) >= 11 is 8.95. The number of carbonyl (C=O) groups excluding carboxylic acids is 1. The van der Waals surface area contributed by atoms with E-state index in [2.05, 4.69) is 20.9 Å². The van der Waals surface area contributed by atoms with Crippen LogP contribution < -0.4 is 10.5 Å². The first kappa shape index (κ1) is 13.8. The molecular weight excluding hydrogens is 338 g/mol. The molecule has 0 fully saturated rings. The Hall–Kier alpha value is -1.66. The van der Waals surface area contributed by atoms with Gasteiger partial charge in [-0.3, -0.25) is 4.79 Å². The van der Waals surface area contributed by atoms with Crippen molar-refractivity contribution in [1.29, 1.82) is 0 Å². The molecule has 0 spiro atoms. The van der Waals surface area contributed by atoms with Crippen LogP contribution in [0.2, 0.25) is 5.02 Å². The van der Waals surface area contributed by atoms with E-state index < -0.39 is 11.7 Å². The fourth-order valence-electron chi connectivity index (χ4n) is 1.41. The molecule has 0 aliphatic carbocycles. The van der Waals surface area contributed by atoms with Gasteiger partial charge in [0.1, 0.15) is 17.1 Å². The molecule has 0 saturated carbocycles. The van der Waals surface area contributed by atoms with Crippen molar-refractivity contribution < 1.29 is 13.9 Å². The molecule has 4 nitrogen and oxygen atoms in total. The van der Waals surface area contributed by atoms with Crippen molar-refractivity contribution in [3.63, 3.8) is 0 Å². The van der Waals surface area contributed by atoms with Crippen LogP contribution in [0.1, 0.15) is 10.4 Å². The maximum absolute atomic E-state index is 13.5. The fourth-order valence-corrected chi connectivity index (χ4v) is 2.13. The molecule has 0 aliphatic rings. The van der Waals surface area contributed by atoms with E-state index in [9.17, 15) is 9.18 Å². The van der Waals surface area contributed by atoms with E-state index in [-0.39, 0.29) is 17.2 Å². The second-order valence-corrected chi connectivity index (χ2v) is 4.81. The van der Waals surface area contributed by atoms with E-state index in [0.29, 0.717) is 9.50 Å². The van der Waals surface area contributed by atoms with Crippen molar-refractivity contribution in [2.45, 2.75) is 0 Å². The highest BCUT2D eigenvalue weighted by Gasteiger charge is 2.17. The van der Waals surface area contributed by atoms with Crippen molar-refractivity contribution in [2.75, 3.05) is 0 Å². The summed E-state index contributed by atoms with van der Waals surface area (Å²) in [7, 11) is 0. The molecule has 7 heteroatoms. The Labute approximate surface area is 121 Å². The molecule has 2 rings (SSSR count). The fraction of sp³-hybridized carbons (Fsp3) is 0. The molecule has 0 atom stereocenters. The number of aromatic nitrogens is 1. The van der Waals surface area contributed by atoms with Gasteiger partial charge < -0.3 is 10.5 Å². The van der Waals surface area contributed by atoms with Crippen LogP contribution in [0.15, 0.2) is 34.9 Å². The van der Waals surface area contributed by atoms with Gasteiger partial charge in [-0.25, -0.2) is 9.37 Å². The number of carbonyl (C=O) groups is 1. The van der Waals surface area contributed by atoms with Gasteiger partial charge in [-0.05, 0) is 34.1 Å². The number of rotatable bonds is 3. The average Bonchev–Trinajstić information content (AvgIpc) is 2.32. The molecule has 0 aliphatic heterocycles. The number of primary amides is 1. The van der Waals surface area contributed by atoms with Gasteiger partial charge in [0.15, 0.2) is 0 Å². The highest BCUT2D eigenvalue weighted by Crippen LogP contribution is 2.31. The Balaban J connectivity index is 2.44. The normalized spacial score (nSPS) is 10.3. The van der Waals surface area contributed by atoms with Crippen molar-refractivity contribution in [1.82, 2.24) is 4.98 Å². The van der Waals surface area contributed by atoms with Crippen LogP contribution in [-0.4, -0.2) is 10.9 Å². The zero-order valence-electron chi connectivity index (χ0n) is 9.36. The SMILES string of the molecule is NC(=O)c1c(F)cccc1Oc1ncc(Cl)cc1Br. The minimum atomic E-state index is -0.918. The van der Waals surface area contributed by atoms with Crippen molar-refractivity contribution in [3.05, 3.63) is 51.3 Å². The average molecular weight is 346 g/mol. The summed E-state index contributed by atoms with van der Waals surface area (Å²) in [5.41, 5.74) is 4.79. The lowest BCUT2D eigenvalue weighted by atomic mass is 10.2. The van der Waals surface area contributed by atoms with E-state index in [1.54, 1.807) is 6.07 Å². The molecule has 2 N–H and O–H groups in total. The molecule has 0 bridgehead atoms. The minimum absolute atomic E-state index is 0.0111. The molecule has 0 unspecified atom stereocenters. The van der Waals surface area contributed by atoms with E-state index in [1.165, 1.54) is 18.3 Å². The molecule has 1 amide bonds. The van der Waals surface area contributed by atoms with Gasteiger partial charge in [-0.1, -0.05) is 17.7 Å². The van der Waals surface area contributed by atoms with Crippen LogP contribution in [-0.2, 0) is 0 Å². The smallest absolute Gasteiger partial charge is 0.255 e. The summed E-state index contributed by atoms with van der Waals surface area (Å²) in [6.07, 6.45) is 1.37. The van der Waals surface area contributed by atoms with Gasteiger partial charge in [0.05, 0.1) is 9.50 Å². The largest absolute Gasteiger partial charge is 0.437 e. The second kappa shape index (κ2) is 5.54. The number of hydrogen-bond donors (Lipinski definition) is 1. The molecule has 98 valence electrons. The molecule has 0 saturated heterocycles. The second-order valence-electron chi connectivity index (χ2n) is 3.52. The molecule has 1 aromatic carbocycles. The molecule has 19 heavy (non-hydrogen) atoms. The monoisotopic (exact) mass is 344 g/mol. The highest BCUT2D eigenvalue weighted by atomic mass is 79.9. The lowest BCUT2D eigenvalue weighted by molar-refractivity contribution is 0.0994. The third kappa shape index (κ3) is 3.02. The van der Waals surface area contributed by atoms with Gasteiger partial charge in [0, 0.05) is 6.20 Å². The van der Waals surface area contributed by atoms with Gasteiger partial charge >= 0.3 is 0 Å².